The molecule has 19 heavy (non-hydrogen) atoms. The van der Waals surface area contributed by atoms with Gasteiger partial charge >= 0.3 is 5.97 Å². The monoisotopic (exact) mass is 267 g/mol. The van der Waals surface area contributed by atoms with E-state index in [1.807, 2.05) is 6.92 Å². The van der Waals surface area contributed by atoms with Crippen LogP contribution in [0.5, 0.6) is 0 Å². The van der Waals surface area contributed by atoms with E-state index in [0.717, 1.165) is 32.2 Å². The van der Waals surface area contributed by atoms with Gasteiger partial charge in [0, 0.05) is 12.6 Å². The van der Waals surface area contributed by atoms with Crippen molar-refractivity contribution >= 4 is 5.97 Å². The van der Waals surface area contributed by atoms with Crippen molar-refractivity contribution in [3.8, 4) is 0 Å². The van der Waals surface area contributed by atoms with Gasteiger partial charge in [-0.1, -0.05) is 0 Å². The van der Waals surface area contributed by atoms with Crippen molar-refractivity contribution in [3.05, 3.63) is 23.7 Å². The quantitative estimate of drug-likeness (QED) is 0.827. The highest BCUT2D eigenvalue weighted by Gasteiger charge is 2.30. The molecule has 0 aromatic carbocycles. The zero-order valence-corrected chi connectivity index (χ0v) is 11.2. The number of carboxylic acids is 1. The molecule has 1 aromatic heterocycles. The molecule has 2 rings (SSSR count). The van der Waals surface area contributed by atoms with E-state index in [1.54, 1.807) is 6.07 Å². The van der Waals surface area contributed by atoms with Gasteiger partial charge in [-0.05, 0) is 51.3 Å². The number of rotatable bonds is 6. The van der Waals surface area contributed by atoms with Gasteiger partial charge in [0.2, 0.25) is 5.76 Å². The van der Waals surface area contributed by atoms with Gasteiger partial charge < -0.3 is 14.6 Å². The summed E-state index contributed by atoms with van der Waals surface area (Å²) in [6.45, 7) is 3.27. The highest BCUT2D eigenvalue weighted by atomic mass is 16.4. The summed E-state index contributed by atoms with van der Waals surface area (Å²) in [5, 5.41) is 17.8. The van der Waals surface area contributed by atoms with Crippen LogP contribution in [0.2, 0.25) is 0 Å². The Kier molecular flexibility index (Phi) is 4.61. The van der Waals surface area contributed by atoms with Crippen LogP contribution in [-0.2, 0) is 0 Å². The van der Waals surface area contributed by atoms with Gasteiger partial charge in [0.15, 0.2) is 0 Å². The molecule has 1 aromatic rings. The summed E-state index contributed by atoms with van der Waals surface area (Å²) in [6.07, 6.45) is 4.07. The van der Waals surface area contributed by atoms with Crippen LogP contribution >= 0.6 is 0 Å². The highest BCUT2D eigenvalue weighted by Crippen LogP contribution is 2.32. The second-order valence-corrected chi connectivity index (χ2v) is 5.08. The Hall–Kier alpha value is -1.33. The van der Waals surface area contributed by atoms with E-state index in [-0.39, 0.29) is 18.4 Å². The molecule has 0 bridgehead atoms. The molecule has 5 nitrogen and oxygen atoms in total. The van der Waals surface area contributed by atoms with E-state index < -0.39 is 5.97 Å². The third-order valence-corrected chi connectivity index (χ3v) is 3.86. The number of carbonyl (C=O) groups is 1. The van der Waals surface area contributed by atoms with Crippen molar-refractivity contribution < 1.29 is 19.4 Å². The summed E-state index contributed by atoms with van der Waals surface area (Å²) in [5.41, 5.74) is 0. The maximum atomic E-state index is 10.8. The molecule has 2 heterocycles. The van der Waals surface area contributed by atoms with Gasteiger partial charge in [-0.2, -0.15) is 0 Å². The summed E-state index contributed by atoms with van der Waals surface area (Å²) < 4.78 is 5.38. The molecular formula is C14H21NO4. The number of carboxylic acid groups (broad SMARTS) is 1. The molecule has 2 N–H and O–H groups in total. The number of aliphatic hydroxyl groups excluding tert-OH is 1. The smallest absolute Gasteiger partial charge is 0.371 e. The SMILES string of the molecule is CC(c1ccc(C(=O)O)o1)N1CCCC1CCCO. The van der Waals surface area contributed by atoms with Crippen LogP contribution in [0.15, 0.2) is 16.5 Å². The number of likely N-dealkylation sites (tertiary alicyclic amines) is 1. The molecular weight excluding hydrogens is 246 g/mol. The molecule has 0 radical (unpaired) electrons. The minimum absolute atomic E-state index is 0.00652. The molecule has 0 amide bonds. The third-order valence-electron chi connectivity index (χ3n) is 3.86. The van der Waals surface area contributed by atoms with E-state index >= 15 is 0 Å². The van der Waals surface area contributed by atoms with E-state index in [2.05, 4.69) is 4.90 Å². The molecule has 5 heteroatoms. The standard InChI is InChI=1S/C14H21NO4/c1-10(12-6-7-13(19-12)14(17)18)15-8-2-4-11(15)5-3-9-16/h6-7,10-11,16H,2-5,8-9H2,1H3,(H,17,18). The minimum atomic E-state index is -1.03. The molecule has 0 spiro atoms. The zero-order valence-electron chi connectivity index (χ0n) is 11.2. The molecule has 1 aliphatic rings. The molecule has 0 saturated carbocycles. The van der Waals surface area contributed by atoms with Crippen molar-refractivity contribution in [2.75, 3.05) is 13.2 Å². The van der Waals surface area contributed by atoms with Crippen LogP contribution in [0, 0.1) is 0 Å². The van der Waals surface area contributed by atoms with E-state index in [1.165, 1.54) is 6.07 Å². The zero-order chi connectivity index (χ0) is 13.8. The van der Waals surface area contributed by atoms with Gasteiger partial charge in [0.1, 0.15) is 5.76 Å². The number of aromatic carboxylic acids is 1. The van der Waals surface area contributed by atoms with Crippen molar-refractivity contribution in [2.45, 2.75) is 44.7 Å². The Balaban J connectivity index is 2.04. The number of hydrogen-bond acceptors (Lipinski definition) is 4. The van der Waals surface area contributed by atoms with Crippen LogP contribution < -0.4 is 0 Å². The van der Waals surface area contributed by atoms with Crippen molar-refractivity contribution in [2.24, 2.45) is 0 Å². The summed E-state index contributed by atoms with van der Waals surface area (Å²) in [5.74, 6) is -0.335. The molecule has 1 saturated heterocycles. The van der Waals surface area contributed by atoms with Gasteiger partial charge in [0.25, 0.3) is 0 Å². The first-order chi connectivity index (χ1) is 9.13. The first-order valence-corrected chi connectivity index (χ1v) is 6.83. The molecule has 106 valence electrons. The number of furan rings is 1. The normalized spacial score (nSPS) is 21.7. The summed E-state index contributed by atoms with van der Waals surface area (Å²) >= 11 is 0. The fourth-order valence-electron chi connectivity index (χ4n) is 2.86. The Morgan fingerprint density at radius 2 is 2.37 bits per heavy atom. The molecule has 2 unspecified atom stereocenters. The average molecular weight is 267 g/mol. The Morgan fingerprint density at radius 3 is 3.00 bits per heavy atom. The predicted octanol–water partition coefficient (Wildman–Crippen LogP) is 2.28. The Labute approximate surface area is 112 Å². The molecule has 2 atom stereocenters. The fraction of sp³-hybridized carbons (Fsp3) is 0.643. The lowest BCUT2D eigenvalue weighted by atomic mass is 10.1. The first kappa shape index (κ1) is 14.1. The van der Waals surface area contributed by atoms with E-state index in [4.69, 9.17) is 14.6 Å². The van der Waals surface area contributed by atoms with Crippen LogP contribution in [0.3, 0.4) is 0 Å². The van der Waals surface area contributed by atoms with Gasteiger partial charge in [0.05, 0.1) is 6.04 Å². The number of aliphatic hydroxyl groups is 1. The topological polar surface area (TPSA) is 73.9 Å². The summed E-state index contributed by atoms with van der Waals surface area (Å²) in [7, 11) is 0. The second-order valence-electron chi connectivity index (χ2n) is 5.08. The molecule has 1 aliphatic heterocycles. The predicted molar refractivity (Wildman–Crippen MR) is 70.1 cm³/mol. The number of nitrogens with zero attached hydrogens (tertiary/aromatic N) is 1. The molecule has 0 aliphatic carbocycles. The molecule has 1 fully saturated rings. The maximum absolute atomic E-state index is 10.8. The van der Waals surface area contributed by atoms with Crippen LogP contribution in [0.4, 0.5) is 0 Å². The van der Waals surface area contributed by atoms with E-state index in [9.17, 15) is 4.79 Å². The first-order valence-electron chi connectivity index (χ1n) is 6.83. The van der Waals surface area contributed by atoms with Gasteiger partial charge in [-0.3, -0.25) is 4.90 Å². The third kappa shape index (κ3) is 3.16. The van der Waals surface area contributed by atoms with E-state index in [0.29, 0.717) is 11.8 Å². The minimum Gasteiger partial charge on any atom is -0.475 e. The fourth-order valence-corrected chi connectivity index (χ4v) is 2.86. The summed E-state index contributed by atoms with van der Waals surface area (Å²) in [6, 6.07) is 3.79. The highest BCUT2D eigenvalue weighted by molar-refractivity contribution is 5.84. The van der Waals surface area contributed by atoms with Crippen LogP contribution in [-0.4, -0.2) is 40.3 Å². The van der Waals surface area contributed by atoms with Crippen molar-refractivity contribution in [1.29, 1.82) is 0 Å². The Bertz CT molecular complexity index is 429. The van der Waals surface area contributed by atoms with Gasteiger partial charge in [-0.15, -0.1) is 0 Å². The lowest BCUT2D eigenvalue weighted by Gasteiger charge is -2.29. The van der Waals surface area contributed by atoms with Crippen LogP contribution in [0.1, 0.15) is 55.0 Å². The lowest BCUT2D eigenvalue weighted by Crippen LogP contribution is -2.32. The van der Waals surface area contributed by atoms with Crippen LogP contribution in [0.25, 0.3) is 0 Å². The maximum Gasteiger partial charge on any atom is 0.371 e. The van der Waals surface area contributed by atoms with Gasteiger partial charge in [-0.25, -0.2) is 4.79 Å². The Morgan fingerprint density at radius 1 is 1.58 bits per heavy atom. The second kappa shape index (κ2) is 6.21. The lowest BCUT2D eigenvalue weighted by molar-refractivity contribution is 0.0654. The summed E-state index contributed by atoms with van der Waals surface area (Å²) in [4.78, 5) is 13.2. The number of hydrogen-bond donors (Lipinski definition) is 2. The average Bonchev–Trinajstić information content (AvgIpc) is 3.04. The van der Waals surface area contributed by atoms with Crippen molar-refractivity contribution in [1.82, 2.24) is 4.90 Å². The largest absolute Gasteiger partial charge is 0.475 e. The van der Waals surface area contributed by atoms with Crippen molar-refractivity contribution in [3.63, 3.8) is 0 Å².